The minimum absolute atomic E-state index is 0.129. The van der Waals surface area contributed by atoms with Gasteiger partial charge in [-0.05, 0) is 12.1 Å². The molecule has 24 heavy (non-hydrogen) atoms. The van der Waals surface area contributed by atoms with Crippen molar-refractivity contribution in [3.63, 3.8) is 0 Å². The average molecular weight is 378 g/mol. The van der Waals surface area contributed by atoms with Gasteiger partial charge in [-0.2, -0.15) is 0 Å². The number of halogens is 1. The molecular formula is C17H16ClN3OS2. The molecule has 0 aliphatic heterocycles. The summed E-state index contributed by atoms with van der Waals surface area (Å²) in [6.45, 7) is 0.961. The number of hydrogen-bond donors (Lipinski definition) is 1. The summed E-state index contributed by atoms with van der Waals surface area (Å²) in [6, 6.07) is 13.7. The predicted molar refractivity (Wildman–Crippen MR) is 101 cm³/mol. The highest BCUT2D eigenvalue weighted by Gasteiger charge is 2.11. The molecule has 0 aliphatic carbocycles. The van der Waals surface area contributed by atoms with Gasteiger partial charge >= 0.3 is 6.03 Å². The van der Waals surface area contributed by atoms with Crippen LogP contribution in [0.5, 0.6) is 0 Å². The van der Waals surface area contributed by atoms with Crippen molar-refractivity contribution in [1.29, 1.82) is 0 Å². The molecule has 7 heteroatoms. The van der Waals surface area contributed by atoms with Gasteiger partial charge in [0.05, 0.1) is 23.1 Å². The summed E-state index contributed by atoms with van der Waals surface area (Å²) >= 11 is 8.94. The third-order valence-corrected chi connectivity index (χ3v) is 5.45. The normalized spacial score (nSPS) is 10.6. The standard InChI is InChI=1S/C17H16ClN3OS2/c1-21(10-13-7-8-15(18)24-13)17(22)19-9-16-20-14(11-23-16)12-5-3-2-4-6-12/h2-8,11H,9-10H2,1H3,(H,19,22). The van der Waals surface area contributed by atoms with Gasteiger partial charge in [-0.1, -0.05) is 41.9 Å². The molecule has 0 saturated heterocycles. The number of urea groups is 1. The van der Waals surface area contributed by atoms with E-state index >= 15 is 0 Å². The monoisotopic (exact) mass is 377 g/mol. The lowest BCUT2D eigenvalue weighted by Crippen LogP contribution is -2.36. The second-order valence-electron chi connectivity index (χ2n) is 5.21. The molecule has 2 heterocycles. The van der Waals surface area contributed by atoms with E-state index in [1.807, 2.05) is 47.8 Å². The zero-order valence-electron chi connectivity index (χ0n) is 13.0. The highest BCUT2D eigenvalue weighted by atomic mass is 35.5. The van der Waals surface area contributed by atoms with Crippen LogP contribution in [0.25, 0.3) is 11.3 Å². The van der Waals surface area contributed by atoms with Crippen LogP contribution in [0, 0.1) is 0 Å². The van der Waals surface area contributed by atoms with Crippen LogP contribution >= 0.6 is 34.3 Å². The third-order valence-electron chi connectivity index (χ3n) is 3.38. The molecule has 124 valence electrons. The van der Waals surface area contributed by atoms with Crippen LogP contribution in [0.1, 0.15) is 9.88 Å². The number of nitrogens with one attached hydrogen (secondary N) is 1. The minimum atomic E-state index is -0.129. The van der Waals surface area contributed by atoms with E-state index < -0.39 is 0 Å². The summed E-state index contributed by atoms with van der Waals surface area (Å²) in [6.07, 6.45) is 0. The number of hydrogen-bond acceptors (Lipinski definition) is 4. The lowest BCUT2D eigenvalue weighted by Gasteiger charge is -2.16. The van der Waals surface area contributed by atoms with Gasteiger partial charge in [0.1, 0.15) is 5.01 Å². The fourth-order valence-electron chi connectivity index (χ4n) is 2.16. The van der Waals surface area contributed by atoms with E-state index in [1.54, 1.807) is 23.3 Å². The zero-order valence-corrected chi connectivity index (χ0v) is 15.4. The van der Waals surface area contributed by atoms with Crippen molar-refractivity contribution in [2.45, 2.75) is 13.1 Å². The number of nitrogens with zero attached hydrogens (tertiary/aromatic N) is 2. The molecule has 0 saturated carbocycles. The number of thiazole rings is 1. The van der Waals surface area contributed by atoms with Gasteiger partial charge in [-0.3, -0.25) is 0 Å². The minimum Gasteiger partial charge on any atom is -0.331 e. The quantitative estimate of drug-likeness (QED) is 0.689. The van der Waals surface area contributed by atoms with Crippen LogP contribution in [0.15, 0.2) is 47.8 Å². The summed E-state index contributed by atoms with van der Waals surface area (Å²) in [5, 5.41) is 5.79. The number of benzene rings is 1. The van der Waals surface area contributed by atoms with Gasteiger partial charge in [0.25, 0.3) is 0 Å². The molecule has 0 unspecified atom stereocenters. The molecule has 0 spiro atoms. The van der Waals surface area contributed by atoms with Crippen molar-refractivity contribution in [2.24, 2.45) is 0 Å². The molecule has 0 aliphatic rings. The van der Waals surface area contributed by atoms with Crippen LogP contribution in [-0.2, 0) is 13.1 Å². The van der Waals surface area contributed by atoms with Crippen molar-refractivity contribution >= 4 is 40.3 Å². The van der Waals surface area contributed by atoms with Gasteiger partial charge in [0.2, 0.25) is 0 Å². The van der Waals surface area contributed by atoms with Gasteiger partial charge in [-0.25, -0.2) is 9.78 Å². The molecule has 3 rings (SSSR count). The molecule has 3 aromatic rings. The van der Waals surface area contributed by atoms with E-state index in [-0.39, 0.29) is 6.03 Å². The van der Waals surface area contributed by atoms with Crippen LogP contribution in [0.3, 0.4) is 0 Å². The maximum atomic E-state index is 12.2. The number of carbonyl (C=O) groups is 1. The number of rotatable bonds is 5. The number of thiophene rings is 1. The van der Waals surface area contributed by atoms with E-state index in [9.17, 15) is 4.79 Å². The predicted octanol–water partition coefficient (Wildman–Crippen LogP) is 4.87. The molecule has 0 fully saturated rings. The smallest absolute Gasteiger partial charge is 0.317 e. The first-order valence-corrected chi connectivity index (χ1v) is 9.42. The number of carbonyl (C=O) groups excluding carboxylic acids is 1. The van der Waals surface area contributed by atoms with E-state index in [0.717, 1.165) is 25.5 Å². The topological polar surface area (TPSA) is 45.2 Å². The van der Waals surface area contributed by atoms with Gasteiger partial charge in [0.15, 0.2) is 0 Å². The Bertz CT molecular complexity index is 816. The summed E-state index contributed by atoms with van der Waals surface area (Å²) in [5.74, 6) is 0. The van der Waals surface area contributed by atoms with Gasteiger partial charge in [-0.15, -0.1) is 22.7 Å². The Balaban J connectivity index is 1.53. The van der Waals surface area contributed by atoms with Crippen molar-refractivity contribution in [3.05, 3.63) is 62.1 Å². The SMILES string of the molecule is CN(Cc1ccc(Cl)s1)C(=O)NCc1nc(-c2ccccc2)cs1. The number of amides is 2. The van der Waals surface area contributed by atoms with E-state index in [1.165, 1.54) is 11.3 Å². The Morgan fingerprint density at radius 1 is 1.25 bits per heavy atom. The van der Waals surface area contributed by atoms with Crippen LogP contribution < -0.4 is 5.32 Å². The Kier molecular flexibility index (Phi) is 5.50. The largest absolute Gasteiger partial charge is 0.331 e. The second-order valence-corrected chi connectivity index (χ2v) is 7.96. The Morgan fingerprint density at radius 2 is 2.04 bits per heavy atom. The molecule has 0 radical (unpaired) electrons. The Hall–Kier alpha value is -1.89. The fourth-order valence-corrected chi connectivity index (χ4v) is 4.05. The van der Waals surface area contributed by atoms with Crippen LogP contribution in [-0.4, -0.2) is 23.0 Å². The third kappa shape index (κ3) is 4.35. The average Bonchev–Trinajstić information content (AvgIpc) is 3.22. The highest BCUT2D eigenvalue weighted by molar-refractivity contribution is 7.16. The molecule has 1 N–H and O–H groups in total. The molecule has 0 atom stereocenters. The van der Waals surface area contributed by atoms with Crippen molar-refractivity contribution in [1.82, 2.24) is 15.2 Å². The Labute approximate surface area is 153 Å². The lowest BCUT2D eigenvalue weighted by molar-refractivity contribution is 0.207. The molecule has 1 aromatic carbocycles. The first kappa shape index (κ1) is 17.0. The van der Waals surface area contributed by atoms with Crippen LogP contribution in [0.4, 0.5) is 4.79 Å². The summed E-state index contributed by atoms with van der Waals surface area (Å²) in [7, 11) is 1.76. The maximum Gasteiger partial charge on any atom is 0.317 e. The van der Waals surface area contributed by atoms with Crippen molar-refractivity contribution < 1.29 is 4.79 Å². The summed E-state index contributed by atoms with van der Waals surface area (Å²) in [4.78, 5) is 19.4. The number of aromatic nitrogens is 1. The van der Waals surface area contributed by atoms with Gasteiger partial charge < -0.3 is 10.2 Å². The molecule has 0 bridgehead atoms. The molecule has 4 nitrogen and oxygen atoms in total. The zero-order chi connectivity index (χ0) is 16.9. The van der Waals surface area contributed by atoms with E-state index in [4.69, 9.17) is 11.6 Å². The molecule has 2 aromatic heterocycles. The summed E-state index contributed by atoms with van der Waals surface area (Å²) < 4.78 is 0.732. The fraction of sp³-hybridized carbons (Fsp3) is 0.176. The lowest BCUT2D eigenvalue weighted by atomic mass is 10.2. The van der Waals surface area contributed by atoms with Crippen molar-refractivity contribution in [2.75, 3.05) is 7.05 Å². The summed E-state index contributed by atoms with van der Waals surface area (Å²) in [5.41, 5.74) is 2.02. The second kappa shape index (κ2) is 7.79. The van der Waals surface area contributed by atoms with E-state index in [0.29, 0.717) is 13.1 Å². The van der Waals surface area contributed by atoms with Crippen LogP contribution in [0.2, 0.25) is 4.34 Å². The highest BCUT2D eigenvalue weighted by Crippen LogP contribution is 2.23. The van der Waals surface area contributed by atoms with E-state index in [2.05, 4.69) is 10.3 Å². The van der Waals surface area contributed by atoms with Gasteiger partial charge in [0, 0.05) is 22.9 Å². The first-order valence-electron chi connectivity index (χ1n) is 7.35. The van der Waals surface area contributed by atoms with Crippen molar-refractivity contribution in [3.8, 4) is 11.3 Å². The molecule has 2 amide bonds. The Morgan fingerprint density at radius 3 is 2.75 bits per heavy atom. The molecular weight excluding hydrogens is 362 g/mol. The first-order chi connectivity index (χ1) is 11.6. The maximum absolute atomic E-state index is 12.2.